The Bertz CT molecular complexity index is 611. The molecule has 1 aromatic carbocycles. The number of imidazole rings is 1. The number of ether oxygens (including phenoxy) is 2. The maximum absolute atomic E-state index is 6.10. The van der Waals surface area contributed by atoms with Gasteiger partial charge in [0.05, 0.1) is 43.5 Å². The second kappa shape index (κ2) is 6.72. The summed E-state index contributed by atoms with van der Waals surface area (Å²) in [6, 6.07) is 3.94. The Kier molecular flexibility index (Phi) is 4.96. The van der Waals surface area contributed by atoms with Crippen molar-refractivity contribution in [2.75, 3.05) is 19.5 Å². The molecule has 0 unspecified atom stereocenters. The maximum atomic E-state index is 6.10. The molecule has 0 fully saturated rings. The molecule has 21 heavy (non-hydrogen) atoms. The van der Waals surface area contributed by atoms with Crippen LogP contribution in [0.5, 0.6) is 11.5 Å². The van der Waals surface area contributed by atoms with Crippen molar-refractivity contribution in [2.24, 2.45) is 0 Å². The zero-order valence-corrected chi connectivity index (χ0v) is 13.4. The van der Waals surface area contributed by atoms with E-state index in [9.17, 15) is 0 Å². The van der Waals surface area contributed by atoms with Crippen LogP contribution in [-0.4, -0.2) is 23.8 Å². The Morgan fingerprint density at radius 3 is 2.57 bits per heavy atom. The number of hydrogen-bond acceptors (Lipinski definition) is 4. The van der Waals surface area contributed by atoms with Crippen LogP contribution in [0.25, 0.3) is 0 Å². The van der Waals surface area contributed by atoms with Crippen molar-refractivity contribution in [3.8, 4) is 11.5 Å². The number of methoxy groups -OCH3 is 2. The number of rotatable bonds is 6. The number of nitrogens with zero attached hydrogens (tertiary/aromatic N) is 2. The normalized spacial score (nSPS) is 10.8. The third-order valence-corrected chi connectivity index (χ3v) is 3.53. The lowest BCUT2D eigenvalue weighted by Gasteiger charge is -2.16. The number of hydrogen-bond donors (Lipinski definition) is 1. The first-order chi connectivity index (χ1) is 10.1. The maximum Gasteiger partial charge on any atom is 0.143 e. The molecule has 0 atom stereocenters. The topological polar surface area (TPSA) is 48.3 Å². The molecule has 0 bridgehead atoms. The molecular formula is C15H20ClN3O2. The summed E-state index contributed by atoms with van der Waals surface area (Å²) in [6.45, 7) is 4.88. The van der Waals surface area contributed by atoms with E-state index in [-0.39, 0.29) is 0 Å². The molecule has 0 saturated carbocycles. The van der Waals surface area contributed by atoms with E-state index in [0.717, 1.165) is 11.4 Å². The minimum Gasteiger partial charge on any atom is -0.495 e. The monoisotopic (exact) mass is 309 g/mol. The Morgan fingerprint density at radius 2 is 1.95 bits per heavy atom. The minimum absolute atomic E-state index is 0.367. The van der Waals surface area contributed by atoms with Crippen LogP contribution in [0.15, 0.2) is 24.7 Å². The van der Waals surface area contributed by atoms with E-state index in [1.807, 2.05) is 18.6 Å². The number of anilines is 1. The fourth-order valence-electron chi connectivity index (χ4n) is 2.12. The van der Waals surface area contributed by atoms with Crippen LogP contribution in [0, 0.1) is 0 Å². The zero-order valence-electron chi connectivity index (χ0n) is 12.7. The van der Waals surface area contributed by atoms with Crippen molar-refractivity contribution in [1.82, 2.24) is 9.55 Å². The Balaban J connectivity index is 2.21. The van der Waals surface area contributed by atoms with E-state index in [0.29, 0.717) is 29.1 Å². The van der Waals surface area contributed by atoms with Gasteiger partial charge in [0.25, 0.3) is 0 Å². The van der Waals surface area contributed by atoms with Gasteiger partial charge in [-0.2, -0.15) is 0 Å². The first-order valence-electron chi connectivity index (χ1n) is 6.73. The summed E-state index contributed by atoms with van der Waals surface area (Å²) in [7, 11) is 3.20. The third kappa shape index (κ3) is 3.42. The molecule has 0 saturated heterocycles. The quantitative estimate of drug-likeness (QED) is 0.883. The van der Waals surface area contributed by atoms with Gasteiger partial charge in [-0.25, -0.2) is 4.98 Å². The lowest BCUT2D eigenvalue weighted by molar-refractivity contribution is 0.404. The molecule has 0 spiro atoms. The molecule has 0 aliphatic carbocycles. The van der Waals surface area contributed by atoms with Gasteiger partial charge in [-0.15, -0.1) is 0 Å². The lowest BCUT2D eigenvalue weighted by Crippen LogP contribution is -2.09. The van der Waals surface area contributed by atoms with Crippen LogP contribution >= 0.6 is 11.6 Å². The van der Waals surface area contributed by atoms with Gasteiger partial charge in [-0.1, -0.05) is 11.6 Å². The average molecular weight is 310 g/mol. The van der Waals surface area contributed by atoms with Crippen LogP contribution in [0.1, 0.15) is 25.6 Å². The molecule has 6 heteroatoms. The predicted octanol–water partition coefficient (Wildman–Crippen LogP) is 3.75. The van der Waals surface area contributed by atoms with E-state index in [2.05, 4.69) is 28.7 Å². The summed E-state index contributed by atoms with van der Waals surface area (Å²) in [5, 5.41) is 3.86. The first-order valence-corrected chi connectivity index (χ1v) is 7.10. The fraction of sp³-hybridized carbons (Fsp3) is 0.400. The fourth-order valence-corrected chi connectivity index (χ4v) is 2.35. The van der Waals surface area contributed by atoms with Gasteiger partial charge in [0, 0.05) is 24.4 Å². The number of aromatic nitrogens is 2. The largest absolute Gasteiger partial charge is 0.495 e. The van der Waals surface area contributed by atoms with Crippen LogP contribution in [0.2, 0.25) is 5.02 Å². The van der Waals surface area contributed by atoms with Gasteiger partial charge in [0.1, 0.15) is 11.5 Å². The Morgan fingerprint density at radius 1 is 1.24 bits per heavy atom. The van der Waals surface area contributed by atoms with Crippen LogP contribution in [0.3, 0.4) is 0 Å². The SMILES string of the molecule is COc1cc(NCc2cncn2C(C)C)c(OC)cc1Cl. The van der Waals surface area contributed by atoms with Crippen molar-refractivity contribution in [3.63, 3.8) is 0 Å². The molecule has 1 aromatic heterocycles. The first kappa shape index (κ1) is 15.5. The summed E-state index contributed by atoms with van der Waals surface area (Å²) >= 11 is 6.10. The highest BCUT2D eigenvalue weighted by Crippen LogP contribution is 2.36. The van der Waals surface area contributed by atoms with E-state index in [1.54, 1.807) is 20.3 Å². The summed E-state index contributed by atoms with van der Waals surface area (Å²) in [5.41, 5.74) is 1.93. The minimum atomic E-state index is 0.367. The summed E-state index contributed by atoms with van der Waals surface area (Å²) in [4.78, 5) is 4.19. The summed E-state index contributed by atoms with van der Waals surface area (Å²) < 4.78 is 12.7. The van der Waals surface area contributed by atoms with E-state index in [4.69, 9.17) is 21.1 Å². The van der Waals surface area contributed by atoms with Crippen LogP contribution in [-0.2, 0) is 6.54 Å². The van der Waals surface area contributed by atoms with Gasteiger partial charge in [-0.05, 0) is 13.8 Å². The van der Waals surface area contributed by atoms with Gasteiger partial charge in [0.2, 0.25) is 0 Å². The molecule has 0 radical (unpaired) electrons. The van der Waals surface area contributed by atoms with Gasteiger partial charge >= 0.3 is 0 Å². The zero-order chi connectivity index (χ0) is 15.4. The van der Waals surface area contributed by atoms with Crippen molar-refractivity contribution in [1.29, 1.82) is 0 Å². The molecule has 114 valence electrons. The molecule has 0 aliphatic rings. The van der Waals surface area contributed by atoms with Crippen molar-refractivity contribution < 1.29 is 9.47 Å². The second-order valence-electron chi connectivity index (χ2n) is 4.93. The van der Waals surface area contributed by atoms with Crippen LogP contribution < -0.4 is 14.8 Å². The van der Waals surface area contributed by atoms with Gasteiger partial charge in [-0.3, -0.25) is 0 Å². The highest BCUT2D eigenvalue weighted by Gasteiger charge is 2.11. The van der Waals surface area contributed by atoms with Crippen molar-refractivity contribution in [3.05, 3.63) is 35.4 Å². The van der Waals surface area contributed by atoms with E-state index < -0.39 is 0 Å². The molecule has 0 aliphatic heterocycles. The third-order valence-electron chi connectivity index (χ3n) is 3.24. The molecule has 1 N–H and O–H groups in total. The standard InChI is InChI=1S/C15H20ClN3O2/c1-10(2)19-9-17-7-11(19)8-18-13-6-14(20-3)12(16)5-15(13)21-4/h5-7,9-10,18H,8H2,1-4H3. The molecular weight excluding hydrogens is 290 g/mol. The molecule has 5 nitrogen and oxygen atoms in total. The number of benzene rings is 1. The summed E-state index contributed by atoms with van der Waals surface area (Å²) in [6.07, 6.45) is 3.69. The van der Waals surface area contributed by atoms with Crippen LogP contribution in [0.4, 0.5) is 5.69 Å². The van der Waals surface area contributed by atoms with Gasteiger partial charge < -0.3 is 19.4 Å². The molecule has 2 aromatic rings. The van der Waals surface area contributed by atoms with Gasteiger partial charge in [0.15, 0.2) is 0 Å². The Labute approximate surface area is 129 Å². The smallest absolute Gasteiger partial charge is 0.143 e. The molecule has 0 amide bonds. The summed E-state index contributed by atoms with van der Waals surface area (Å²) in [5.74, 6) is 1.29. The second-order valence-corrected chi connectivity index (χ2v) is 5.33. The lowest BCUT2D eigenvalue weighted by atomic mass is 10.2. The Hall–Kier alpha value is -1.88. The highest BCUT2D eigenvalue weighted by atomic mass is 35.5. The van der Waals surface area contributed by atoms with E-state index in [1.165, 1.54) is 0 Å². The average Bonchev–Trinajstić information content (AvgIpc) is 2.94. The molecule has 1 heterocycles. The van der Waals surface area contributed by atoms with E-state index >= 15 is 0 Å². The number of halogens is 1. The molecule has 2 rings (SSSR count). The van der Waals surface area contributed by atoms with Crippen molar-refractivity contribution >= 4 is 17.3 Å². The number of nitrogens with one attached hydrogen (secondary N) is 1. The van der Waals surface area contributed by atoms with Crippen molar-refractivity contribution in [2.45, 2.75) is 26.4 Å². The predicted molar refractivity (Wildman–Crippen MR) is 84.5 cm³/mol. The highest BCUT2D eigenvalue weighted by molar-refractivity contribution is 6.32.